The Hall–Kier alpha value is -1.68. The maximum Gasteiger partial charge on any atom is 0.198 e. The molecule has 4 heteroatoms. The first-order valence-electron chi connectivity index (χ1n) is 6.92. The van der Waals surface area contributed by atoms with Gasteiger partial charge in [0.05, 0.1) is 0 Å². The molecule has 0 aliphatic rings. The third-order valence-corrected chi connectivity index (χ3v) is 3.37. The Morgan fingerprint density at radius 1 is 1.35 bits per heavy atom. The molecule has 0 saturated heterocycles. The fourth-order valence-electron chi connectivity index (χ4n) is 2.44. The molecule has 0 amide bonds. The molecule has 0 bridgehead atoms. The average Bonchev–Trinajstić information content (AvgIpc) is 2.80. The van der Waals surface area contributed by atoms with Crippen molar-refractivity contribution in [1.29, 1.82) is 0 Å². The predicted molar refractivity (Wildman–Crippen MR) is 77.1 cm³/mol. The molecule has 20 heavy (non-hydrogen) atoms. The van der Waals surface area contributed by atoms with Crippen LogP contribution in [0, 0.1) is 17.7 Å². The summed E-state index contributed by atoms with van der Waals surface area (Å²) in [5, 5.41) is 0.613. The third kappa shape index (κ3) is 3.45. The van der Waals surface area contributed by atoms with Gasteiger partial charge in [0.2, 0.25) is 0 Å². The Morgan fingerprint density at radius 3 is 2.75 bits per heavy atom. The maximum atomic E-state index is 13.1. The normalized spacial score (nSPS) is 13.1. The zero-order valence-electron chi connectivity index (χ0n) is 11.9. The van der Waals surface area contributed by atoms with E-state index >= 15 is 0 Å². The number of benzene rings is 1. The van der Waals surface area contributed by atoms with Crippen LogP contribution in [0.5, 0.6) is 0 Å². The van der Waals surface area contributed by atoms with Crippen molar-refractivity contribution in [3.05, 3.63) is 35.8 Å². The zero-order valence-corrected chi connectivity index (χ0v) is 11.9. The van der Waals surface area contributed by atoms with E-state index in [4.69, 9.17) is 10.2 Å². The van der Waals surface area contributed by atoms with Gasteiger partial charge in [-0.3, -0.25) is 4.79 Å². The number of fused-ring (bicyclic) bond motifs is 1. The highest BCUT2D eigenvalue weighted by Crippen LogP contribution is 2.23. The van der Waals surface area contributed by atoms with Crippen LogP contribution in [0.2, 0.25) is 0 Å². The van der Waals surface area contributed by atoms with Crippen molar-refractivity contribution in [2.75, 3.05) is 6.54 Å². The second-order valence-corrected chi connectivity index (χ2v) is 5.65. The highest BCUT2D eigenvalue weighted by molar-refractivity contribution is 5.97. The summed E-state index contributed by atoms with van der Waals surface area (Å²) in [6.45, 7) is 4.70. The van der Waals surface area contributed by atoms with E-state index in [1.165, 1.54) is 18.2 Å². The summed E-state index contributed by atoms with van der Waals surface area (Å²) in [4.78, 5) is 12.2. The number of rotatable bonds is 6. The van der Waals surface area contributed by atoms with E-state index < -0.39 is 0 Å². The van der Waals surface area contributed by atoms with E-state index in [0.717, 1.165) is 6.42 Å². The van der Waals surface area contributed by atoms with Gasteiger partial charge in [-0.15, -0.1) is 0 Å². The molecule has 0 aliphatic heterocycles. The number of halogens is 1. The molecule has 0 fully saturated rings. The highest BCUT2D eigenvalue weighted by atomic mass is 19.1. The molecule has 2 aromatic rings. The first-order valence-corrected chi connectivity index (χ1v) is 6.92. The summed E-state index contributed by atoms with van der Waals surface area (Å²) in [6, 6.07) is 5.82. The molecule has 2 N–H and O–H groups in total. The van der Waals surface area contributed by atoms with E-state index in [1.807, 2.05) is 0 Å². The summed E-state index contributed by atoms with van der Waals surface area (Å²) in [6.07, 6.45) is 1.29. The van der Waals surface area contributed by atoms with Gasteiger partial charge in [-0.25, -0.2) is 4.39 Å². The van der Waals surface area contributed by atoms with Gasteiger partial charge >= 0.3 is 0 Å². The van der Waals surface area contributed by atoms with Crippen LogP contribution in [0.15, 0.2) is 28.7 Å². The number of ketones is 1. The first-order chi connectivity index (χ1) is 9.49. The van der Waals surface area contributed by atoms with Crippen LogP contribution in [-0.4, -0.2) is 12.3 Å². The van der Waals surface area contributed by atoms with Gasteiger partial charge in [0.1, 0.15) is 11.4 Å². The number of furan rings is 1. The summed E-state index contributed by atoms with van der Waals surface area (Å²) < 4.78 is 18.6. The van der Waals surface area contributed by atoms with Gasteiger partial charge in [-0.1, -0.05) is 13.8 Å². The molecular weight excluding hydrogens is 257 g/mol. The summed E-state index contributed by atoms with van der Waals surface area (Å²) in [5.74, 6) is 0.538. The fourth-order valence-corrected chi connectivity index (χ4v) is 2.44. The smallest absolute Gasteiger partial charge is 0.198 e. The summed E-state index contributed by atoms with van der Waals surface area (Å²) in [5.41, 5.74) is 6.24. The van der Waals surface area contributed by atoms with Crippen molar-refractivity contribution >= 4 is 16.8 Å². The van der Waals surface area contributed by atoms with Gasteiger partial charge < -0.3 is 10.2 Å². The minimum Gasteiger partial charge on any atom is -0.453 e. The maximum absolute atomic E-state index is 13.1. The van der Waals surface area contributed by atoms with Crippen molar-refractivity contribution < 1.29 is 13.6 Å². The quantitative estimate of drug-likeness (QED) is 0.818. The Morgan fingerprint density at radius 2 is 2.10 bits per heavy atom. The molecule has 0 spiro atoms. The average molecular weight is 277 g/mol. The van der Waals surface area contributed by atoms with Crippen LogP contribution in [0.1, 0.15) is 37.2 Å². The van der Waals surface area contributed by atoms with E-state index in [2.05, 4.69) is 13.8 Å². The first kappa shape index (κ1) is 14.7. The molecule has 1 atom stereocenters. The van der Waals surface area contributed by atoms with E-state index in [9.17, 15) is 9.18 Å². The Kier molecular flexibility index (Phi) is 4.55. The topological polar surface area (TPSA) is 56.2 Å². The van der Waals surface area contributed by atoms with Gasteiger partial charge in [-0.05, 0) is 49.1 Å². The molecule has 3 nitrogen and oxygen atoms in total. The van der Waals surface area contributed by atoms with Gasteiger partial charge in [0.15, 0.2) is 11.5 Å². The molecule has 1 aromatic carbocycles. The van der Waals surface area contributed by atoms with Gasteiger partial charge in [0, 0.05) is 11.8 Å². The minimum atomic E-state index is -0.336. The minimum absolute atomic E-state index is 0.0716. The van der Waals surface area contributed by atoms with E-state index in [-0.39, 0.29) is 23.3 Å². The molecule has 1 heterocycles. The van der Waals surface area contributed by atoms with Crippen LogP contribution < -0.4 is 5.73 Å². The van der Waals surface area contributed by atoms with Gasteiger partial charge in [0.25, 0.3) is 0 Å². The van der Waals surface area contributed by atoms with Crippen LogP contribution in [0.4, 0.5) is 4.39 Å². The number of hydrogen-bond donors (Lipinski definition) is 1. The van der Waals surface area contributed by atoms with E-state index in [0.29, 0.717) is 29.9 Å². The lowest BCUT2D eigenvalue weighted by Crippen LogP contribution is -2.19. The number of Topliss-reactive ketones (excluding diaryl/α,β-unsaturated/α-hetero) is 1. The Labute approximate surface area is 117 Å². The lowest BCUT2D eigenvalue weighted by Gasteiger charge is -2.15. The Balaban J connectivity index is 2.14. The molecule has 2 rings (SSSR count). The second-order valence-electron chi connectivity index (χ2n) is 5.65. The number of hydrogen-bond acceptors (Lipinski definition) is 3. The predicted octanol–water partition coefficient (Wildman–Crippen LogP) is 3.77. The molecule has 0 radical (unpaired) electrons. The summed E-state index contributed by atoms with van der Waals surface area (Å²) >= 11 is 0. The lowest BCUT2D eigenvalue weighted by molar-refractivity contribution is 0.0932. The van der Waals surface area contributed by atoms with Gasteiger partial charge in [-0.2, -0.15) is 0 Å². The van der Waals surface area contributed by atoms with Crippen molar-refractivity contribution in [1.82, 2.24) is 0 Å². The Bertz CT molecular complexity index is 604. The van der Waals surface area contributed by atoms with Crippen LogP contribution >= 0.6 is 0 Å². The molecule has 1 unspecified atom stereocenters. The molecule has 1 aromatic heterocycles. The standard InChI is InChI=1S/C16H20FNO2/c1-10(2)5-11(9-18)6-14(19)16-8-12-7-13(17)3-4-15(12)20-16/h3-4,7-8,10-11H,5-6,9,18H2,1-2H3. The van der Waals surface area contributed by atoms with Crippen molar-refractivity contribution in [2.24, 2.45) is 17.6 Å². The fraction of sp³-hybridized carbons (Fsp3) is 0.438. The lowest BCUT2D eigenvalue weighted by atomic mass is 9.92. The molecule has 0 aliphatic carbocycles. The van der Waals surface area contributed by atoms with Crippen molar-refractivity contribution in [3.8, 4) is 0 Å². The number of nitrogens with two attached hydrogens (primary N) is 1. The van der Waals surface area contributed by atoms with Crippen LogP contribution in [0.25, 0.3) is 11.0 Å². The molecular formula is C16H20FNO2. The largest absolute Gasteiger partial charge is 0.453 e. The molecule has 108 valence electrons. The number of carbonyl (C=O) groups excluding carboxylic acids is 1. The summed E-state index contributed by atoms with van der Waals surface area (Å²) in [7, 11) is 0. The SMILES string of the molecule is CC(C)CC(CN)CC(=O)c1cc2cc(F)ccc2o1. The number of carbonyl (C=O) groups is 1. The highest BCUT2D eigenvalue weighted by Gasteiger charge is 2.18. The van der Waals surface area contributed by atoms with Crippen molar-refractivity contribution in [2.45, 2.75) is 26.7 Å². The third-order valence-electron chi connectivity index (χ3n) is 3.37. The molecule has 0 saturated carbocycles. The van der Waals surface area contributed by atoms with Crippen LogP contribution in [0.3, 0.4) is 0 Å². The van der Waals surface area contributed by atoms with Crippen LogP contribution in [-0.2, 0) is 0 Å². The van der Waals surface area contributed by atoms with E-state index in [1.54, 1.807) is 6.07 Å². The zero-order chi connectivity index (χ0) is 14.7. The monoisotopic (exact) mass is 277 g/mol. The second kappa shape index (κ2) is 6.18. The van der Waals surface area contributed by atoms with Crippen molar-refractivity contribution in [3.63, 3.8) is 0 Å².